The van der Waals surface area contributed by atoms with Crippen molar-refractivity contribution in [2.24, 2.45) is 5.92 Å². The third-order valence-electron chi connectivity index (χ3n) is 7.88. The van der Waals surface area contributed by atoms with Crippen molar-refractivity contribution in [1.82, 2.24) is 10.2 Å². The van der Waals surface area contributed by atoms with Crippen molar-refractivity contribution in [1.29, 1.82) is 0 Å². The maximum atomic E-state index is 5.89. The minimum Gasteiger partial charge on any atom is -0.496 e. The number of rotatable bonds is 8. The van der Waals surface area contributed by atoms with Crippen molar-refractivity contribution in [3.8, 4) is 5.75 Å². The average Bonchev–Trinajstić information content (AvgIpc) is 2.96. The predicted octanol–water partition coefficient (Wildman–Crippen LogP) is 7.86. The normalized spacial score (nSPS) is 18.9. The van der Waals surface area contributed by atoms with E-state index < -0.39 is 0 Å². The van der Waals surface area contributed by atoms with E-state index in [1.807, 2.05) is 30.4 Å². The Morgan fingerprint density at radius 2 is 1.95 bits per heavy atom. The SMILES string of the molecule is C=CN(/C=C/NC)C(=C)/C1=C/c2c(cccc2OC)/C=C(\C2CCCCC2)c2ccc(CC)cc2N(C)C1. The number of benzene rings is 2. The first kappa shape index (κ1) is 27.4. The molecular weight excluding hydrogens is 466 g/mol. The van der Waals surface area contributed by atoms with Gasteiger partial charge in [0, 0.05) is 61.8 Å². The van der Waals surface area contributed by atoms with Crippen LogP contribution >= 0.6 is 0 Å². The van der Waals surface area contributed by atoms with E-state index in [-0.39, 0.29) is 0 Å². The molecule has 38 heavy (non-hydrogen) atoms. The van der Waals surface area contributed by atoms with E-state index in [2.05, 4.69) is 79.8 Å². The summed E-state index contributed by atoms with van der Waals surface area (Å²) in [6.45, 7) is 11.5. The van der Waals surface area contributed by atoms with E-state index in [9.17, 15) is 0 Å². The first-order valence-electron chi connectivity index (χ1n) is 13.9. The fourth-order valence-corrected chi connectivity index (χ4v) is 5.69. The number of nitrogens with one attached hydrogen (secondary N) is 1. The Balaban J connectivity index is 1.98. The van der Waals surface area contributed by atoms with Crippen molar-refractivity contribution in [2.75, 3.05) is 32.6 Å². The summed E-state index contributed by atoms with van der Waals surface area (Å²) >= 11 is 0. The van der Waals surface area contributed by atoms with Crippen molar-refractivity contribution >= 4 is 23.4 Å². The van der Waals surface area contributed by atoms with Crippen LogP contribution in [0.1, 0.15) is 61.3 Å². The van der Waals surface area contributed by atoms with Crippen LogP contribution in [0.4, 0.5) is 5.69 Å². The number of likely N-dealkylation sites (N-methyl/N-ethyl adjacent to an activating group) is 1. The highest BCUT2D eigenvalue weighted by atomic mass is 16.5. The number of hydrogen-bond acceptors (Lipinski definition) is 4. The minimum atomic E-state index is 0.559. The smallest absolute Gasteiger partial charge is 0.126 e. The van der Waals surface area contributed by atoms with Gasteiger partial charge in [0.1, 0.15) is 5.75 Å². The second-order valence-electron chi connectivity index (χ2n) is 10.3. The number of allylic oxidation sites excluding steroid dienone is 1. The van der Waals surface area contributed by atoms with Gasteiger partial charge in [-0.05, 0) is 65.7 Å². The molecule has 4 heteroatoms. The van der Waals surface area contributed by atoms with Crippen molar-refractivity contribution in [3.05, 3.63) is 102 Å². The molecule has 1 aliphatic carbocycles. The Kier molecular flexibility index (Phi) is 9.17. The molecule has 200 valence electrons. The molecule has 2 aliphatic rings. The number of methoxy groups -OCH3 is 1. The zero-order valence-corrected chi connectivity index (χ0v) is 23.6. The summed E-state index contributed by atoms with van der Waals surface area (Å²) in [4.78, 5) is 4.34. The zero-order chi connectivity index (χ0) is 27.1. The average molecular weight is 510 g/mol. The van der Waals surface area contributed by atoms with Crippen molar-refractivity contribution in [2.45, 2.75) is 45.4 Å². The van der Waals surface area contributed by atoms with E-state index in [0.717, 1.165) is 29.0 Å². The van der Waals surface area contributed by atoms with E-state index in [4.69, 9.17) is 4.74 Å². The van der Waals surface area contributed by atoms with Gasteiger partial charge in [-0.3, -0.25) is 0 Å². The van der Waals surface area contributed by atoms with Gasteiger partial charge in [0.2, 0.25) is 0 Å². The lowest BCUT2D eigenvalue weighted by Gasteiger charge is -2.32. The highest BCUT2D eigenvalue weighted by Crippen LogP contribution is 2.42. The van der Waals surface area contributed by atoms with Crippen LogP contribution < -0.4 is 15.0 Å². The van der Waals surface area contributed by atoms with Crippen LogP contribution in [-0.4, -0.2) is 32.6 Å². The van der Waals surface area contributed by atoms with Gasteiger partial charge in [0.15, 0.2) is 0 Å². The number of ether oxygens (including phenoxy) is 1. The van der Waals surface area contributed by atoms with Crippen LogP contribution in [0, 0.1) is 5.92 Å². The van der Waals surface area contributed by atoms with E-state index in [1.54, 1.807) is 13.3 Å². The topological polar surface area (TPSA) is 27.7 Å². The van der Waals surface area contributed by atoms with Crippen LogP contribution in [0.5, 0.6) is 5.75 Å². The highest BCUT2D eigenvalue weighted by molar-refractivity contribution is 5.91. The maximum Gasteiger partial charge on any atom is 0.126 e. The fraction of sp³-hybridized carbons (Fsp3) is 0.353. The third kappa shape index (κ3) is 5.91. The molecule has 0 bridgehead atoms. The first-order chi connectivity index (χ1) is 18.5. The Labute approximate surface area is 229 Å². The molecule has 1 saturated carbocycles. The van der Waals surface area contributed by atoms with Crippen molar-refractivity contribution in [3.63, 3.8) is 0 Å². The first-order valence-corrected chi connectivity index (χ1v) is 13.9. The van der Waals surface area contributed by atoms with Gasteiger partial charge in [0.25, 0.3) is 0 Å². The lowest BCUT2D eigenvalue weighted by atomic mass is 9.79. The fourth-order valence-electron chi connectivity index (χ4n) is 5.69. The molecule has 1 heterocycles. The lowest BCUT2D eigenvalue weighted by molar-refractivity contribution is 0.413. The quantitative estimate of drug-likeness (QED) is 0.392. The third-order valence-corrected chi connectivity index (χ3v) is 7.88. The monoisotopic (exact) mass is 509 g/mol. The van der Waals surface area contributed by atoms with Gasteiger partial charge in [-0.15, -0.1) is 0 Å². The van der Waals surface area contributed by atoms with Crippen molar-refractivity contribution < 1.29 is 4.74 Å². The molecule has 0 saturated heterocycles. The second-order valence-corrected chi connectivity index (χ2v) is 10.3. The van der Waals surface area contributed by atoms with E-state index in [1.165, 1.54) is 60.1 Å². The number of anilines is 1. The molecule has 0 spiro atoms. The van der Waals surface area contributed by atoms with Crippen LogP contribution in [0.15, 0.2) is 79.4 Å². The number of nitrogens with zero attached hydrogens (tertiary/aromatic N) is 2. The standard InChI is InChI=1S/C34H43N3O/c1-7-26-17-18-30-31(27-13-10-9-11-14-27)22-28-15-12-16-34(38-6)32(28)23-29(24-36(5)33(30)21-26)25(3)37(8-2)20-19-35-4/h8,12,15-23,27,35H,2-3,7,9-11,13-14,24H2,1,4-6H3/b20-19+,29-23+,31-22+. The minimum absolute atomic E-state index is 0.559. The zero-order valence-electron chi connectivity index (χ0n) is 23.6. The molecule has 1 fully saturated rings. The summed E-state index contributed by atoms with van der Waals surface area (Å²) in [5.74, 6) is 1.43. The molecule has 2 aromatic rings. The largest absolute Gasteiger partial charge is 0.496 e. The van der Waals surface area contributed by atoms with Gasteiger partial charge >= 0.3 is 0 Å². The molecular formula is C34H43N3O. The van der Waals surface area contributed by atoms with E-state index >= 15 is 0 Å². The van der Waals surface area contributed by atoms with Gasteiger partial charge in [0.05, 0.1) is 7.11 Å². The molecule has 4 rings (SSSR count). The number of fused-ring (bicyclic) bond motifs is 2. The van der Waals surface area contributed by atoms with Crippen LogP contribution in [0.25, 0.3) is 17.7 Å². The molecule has 1 N–H and O–H groups in total. The molecule has 0 radical (unpaired) electrons. The predicted molar refractivity (Wildman–Crippen MR) is 164 cm³/mol. The lowest BCUT2D eigenvalue weighted by Crippen LogP contribution is -2.25. The van der Waals surface area contributed by atoms with Gasteiger partial charge in [-0.1, -0.05) is 69.7 Å². The van der Waals surface area contributed by atoms with Gasteiger partial charge in [-0.2, -0.15) is 0 Å². The summed E-state index contributed by atoms with van der Waals surface area (Å²) in [5, 5.41) is 3.07. The Hall–Kier alpha value is -3.66. The molecule has 1 aliphatic heterocycles. The molecule has 0 aromatic heterocycles. The van der Waals surface area contributed by atoms with E-state index in [0.29, 0.717) is 12.5 Å². The maximum absolute atomic E-state index is 5.89. The Morgan fingerprint density at radius 1 is 1.16 bits per heavy atom. The summed E-state index contributed by atoms with van der Waals surface area (Å²) in [5.41, 5.74) is 9.66. The summed E-state index contributed by atoms with van der Waals surface area (Å²) in [6, 6.07) is 13.4. The van der Waals surface area contributed by atoms with Crippen LogP contribution in [0.3, 0.4) is 0 Å². The molecule has 0 amide bonds. The summed E-state index contributed by atoms with van der Waals surface area (Å²) < 4.78 is 5.89. The Bertz CT molecular complexity index is 1250. The molecule has 0 atom stereocenters. The summed E-state index contributed by atoms with van der Waals surface area (Å²) in [7, 11) is 5.84. The van der Waals surface area contributed by atoms with Gasteiger partial charge < -0.3 is 19.9 Å². The molecule has 0 unspecified atom stereocenters. The van der Waals surface area contributed by atoms with Crippen LogP contribution in [0.2, 0.25) is 0 Å². The molecule has 4 nitrogen and oxygen atoms in total. The van der Waals surface area contributed by atoms with Crippen LogP contribution in [-0.2, 0) is 6.42 Å². The number of aryl methyl sites for hydroxylation is 1. The number of hydrogen-bond donors (Lipinski definition) is 1. The highest BCUT2D eigenvalue weighted by Gasteiger charge is 2.25. The molecule has 2 aromatic carbocycles. The second kappa shape index (κ2) is 12.7. The van der Waals surface area contributed by atoms with Gasteiger partial charge in [-0.25, -0.2) is 0 Å². The summed E-state index contributed by atoms with van der Waals surface area (Å²) in [6.07, 6.45) is 17.7. The Morgan fingerprint density at radius 3 is 2.63 bits per heavy atom.